The molecule has 0 aromatic heterocycles. The molecule has 21 heavy (non-hydrogen) atoms. The third-order valence-electron chi connectivity index (χ3n) is 3.24. The smallest absolute Gasteiger partial charge is 0.251 e. The van der Waals surface area contributed by atoms with Crippen LogP contribution in [0, 0.1) is 11.3 Å². The van der Waals surface area contributed by atoms with Gasteiger partial charge in [-0.1, -0.05) is 18.2 Å². The zero-order valence-corrected chi connectivity index (χ0v) is 11.5. The normalized spacial score (nSPS) is 16.4. The van der Waals surface area contributed by atoms with Gasteiger partial charge in [0.05, 0.1) is 18.5 Å². The Morgan fingerprint density at radius 2 is 2.00 bits per heavy atom. The molecule has 2 rings (SSSR count). The van der Waals surface area contributed by atoms with Crippen molar-refractivity contribution in [2.45, 2.75) is 37.5 Å². The number of rotatable bonds is 6. The van der Waals surface area contributed by atoms with Crippen molar-refractivity contribution < 1.29 is 14.7 Å². The van der Waals surface area contributed by atoms with Crippen LogP contribution in [0.15, 0.2) is 30.3 Å². The Balaban J connectivity index is 1.99. The van der Waals surface area contributed by atoms with Crippen molar-refractivity contribution >= 4 is 11.8 Å². The van der Waals surface area contributed by atoms with Crippen molar-refractivity contribution in [1.82, 2.24) is 10.6 Å². The van der Waals surface area contributed by atoms with Gasteiger partial charge >= 0.3 is 0 Å². The maximum absolute atomic E-state index is 12.0. The van der Waals surface area contributed by atoms with Gasteiger partial charge in [-0.15, -0.1) is 0 Å². The highest BCUT2D eigenvalue weighted by atomic mass is 16.3. The number of hydrogen-bond donors (Lipinski definition) is 3. The fraction of sp³-hybridized carbons (Fsp3) is 0.400. The minimum Gasteiger partial charge on any atom is -0.381 e. The first kappa shape index (κ1) is 15.0. The van der Waals surface area contributed by atoms with Gasteiger partial charge < -0.3 is 15.7 Å². The van der Waals surface area contributed by atoms with E-state index in [1.165, 1.54) is 0 Å². The maximum Gasteiger partial charge on any atom is 0.251 e. The van der Waals surface area contributed by atoms with Crippen LogP contribution in [0.3, 0.4) is 0 Å². The van der Waals surface area contributed by atoms with Gasteiger partial charge in [0.1, 0.15) is 0 Å². The summed E-state index contributed by atoms with van der Waals surface area (Å²) in [5.41, 5.74) is 0.412. The molecule has 1 aliphatic rings. The Hall–Kier alpha value is -2.39. The summed E-state index contributed by atoms with van der Waals surface area (Å²) in [4.78, 5) is 23.8. The number of benzene rings is 1. The summed E-state index contributed by atoms with van der Waals surface area (Å²) in [6.45, 7) is 0. The molecule has 0 heterocycles. The van der Waals surface area contributed by atoms with Crippen molar-refractivity contribution in [1.29, 1.82) is 5.26 Å². The second kappa shape index (κ2) is 6.86. The van der Waals surface area contributed by atoms with Gasteiger partial charge in [0.15, 0.2) is 6.10 Å². The zero-order chi connectivity index (χ0) is 15.2. The molecule has 3 N–H and O–H groups in total. The number of carbonyl (C=O) groups excluding carboxylic acids is 2. The van der Waals surface area contributed by atoms with E-state index in [2.05, 4.69) is 10.6 Å². The number of aliphatic hydroxyl groups excluding tert-OH is 1. The van der Waals surface area contributed by atoms with Crippen LogP contribution in [-0.2, 0) is 4.79 Å². The van der Waals surface area contributed by atoms with E-state index in [1.54, 1.807) is 30.3 Å². The number of aliphatic hydroxyl groups is 1. The van der Waals surface area contributed by atoms with Gasteiger partial charge in [0.25, 0.3) is 11.8 Å². The Morgan fingerprint density at radius 3 is 2.57 bits per heavy atom. The van der Waals surface area contributed by atoms with E-state index in [1.807, 2.05) is 6.07 Å². The minimum absolute atomic E-state index is 0.111. The molecule has 110 valence electrons. The molecule has 0 saturated heterocycles. The van der Waals surface area contributed by atoms with E-state index < -0.39 is 24.0 Å². The lowest BCUT2D eigenvalue weighted by Crippen LogP contribution is -2.50. The van der Waals surface area contributed by atoms with Gasteiger partial charge in [0.2, 0.25) is 0 Å². The molecule has 2 unspecified atom stereocenters. The van der Waals surface area contributed by atoms with Crippen LogP contribution >= 0.6 is 0 Å². The molecule has 0 aliphatic heterocycles. The van der Waals surface area contributed by atoms with E-state index in [0.29, 0.717) is 5.56 Å². The van der Waals surface area contributed by atoms with Crippen LogP contribution in [0.2, 0.25) is 0 Å². The molecule has 6 nitrogen and oxygen atoms in total. The van der Waals surface area contributed by atoms with Crippen LogP contribution < -0.4 is 10.6 Å². The number of hydrogen-bond acceptors (Lipinski definition) is 4. The number of nitriles is 1. The lowest BCUT2D eigenvalue weighted by molar-refractivity contribution is -0.130. The average molecular weight is 287 g/mol. The van der Waals surface area contributed by atoms with E-state index >= 15 is 0 Å². The summed E-state index contributed by atoms with van der Waals surface area (Å²) >= 11 is 0. The molecule has 0 radical (unpaired) electrons. The SMILES string of the molecule is N#CCC(NC(=O)c1ccccc1)C(O)C(=O)NC1CC1. The summed E-state index contributed by atoms with van der Waals surface area (Å²) in [6.07, 6.45) is 0.228. The minimum atomic E-state index is -1.43. The summed E-state index contributed by atoms with van der Waals surface area (Å²) in [6, 6.07) is 9.50. The highest BCUT2D eigenvalue weighted by Crippen LogP contribution is 2.19. The van der Waals surface area contributed by atoms with E-state index in [-0.39, 0.29) is 12.5 Å². The Morgan fingerprint density at radius 1 is 1.33 bits per heavy atom. The summed E-state index contributed by atoms with van der Waals surface area (Å²) in [7, 11) is 0. The first-order valence-corrected chi connectivity index (χ1v) is 6.83. The molecule has 0 bridgehead atoms. The molecule has 2 amide bonds. The molecule has 1 aromatic rings. The van der Waals surface area contributed by atoms with Gasteiger partial charge in [0, 0.05) is 11.6 Å². The standard InChI is InChI=1S/C15H17N3O3/c16-9-8-12(13(19)15(21)17-11-6-7-11)18-14(20)10-4-2-1-3-5-10/h1-5,11-13,19H,6-8H2,(H,17,21)(H,18,20). The van der Waals surface area contributed by atoms with Crippen LogP contribution in [-0.4, -0.2) is 35.1 Å². The van der Waals surface area contributed by atoms with E-state index in [9.17, 15) is 14.7 Å². The summed E-state index contributed by atoms with van der Waals surface area (Å²) in [5, 5.41) is 24.0. The van der Waals surface area contributed by atoms with Gasteiger partial charge in [-0.25, -0.2) is 0 Å². The Labute approximate surface area is 122 Å². The number of nitrogens with one attached hydrogen (secondary N) is 2. The van der Waals surface area contributed by atoms with Crippen LogP contribution in [0.25, 0.3) is 0 Å². The largest absolute Gasteiger partial charge is 0.381 e. The quantitative estimate of drug-likeness (QED) is 0.702. The highest BCUT2D eigenvalue weighted by molar-refractivity contribution is 5.95. The van der Waals surface area contributed by atoms with Gasteiger partial charge in [-0.3, -0.25) is 9.59 Å². The second-order valence-corrected chi connectivity index (χ2v) is 5.04. The first-order chi connectivity index (χ1) is 10.1. The lowest BCUT2D eigenvalue weighted by atomic mass is 10.1. The van der Waals surface area contributed by atoms with Crippen molar-refractivity contribution in [3.63, 3.8) is 0 Å². The molecular weight excluding hydrogens is 270 g/mol. The van der Waals surface area contributed by atoms with Crippen molar-refractivity contribution in [3.05, 3.63) is 35.9 Å². The van der Waals surface area contributed by atoms with Crippen LogP contribution in [0.1, 0.15) is 29.6 Å². The van der Waals surface area contributed by atoms with E-state index in [4.69, 9.17) is 5.26 Å². The maximum atomic E-state index is 12.0. The fourth-order valence-electron chi connectivity index (χ4n) is 1.88. The topological polar surface area (TPSA) is 102 Å². The first-order valence-electron chi connectivity index (χ1n) is 6.83. The molecule has 1 saturated carbocycles. The number of carbonyl (C=O) groups is 2. The van der Waals surface area contributed by atoms with Gasteiger partial charge in [-0.2, -0.15) is 5.26 Å². The van der Waals surface area contributed by atoms with Gasteiger partial charge in [-0.05, 0) is 25.0 Å². The lowest BCUT2D eigenvalue weighted by Gasteiger charge is -2.21. The molecule has 0 spiro atoms. The Bertz CT molecular complexity index is 549. The average Bonchev–Trinajstić information content (AvgIpc) is 3.30. The number of amides is 2. The molecule has 1 aromatic carbocycles. The second-order valence-electron chi connectivity index (χ2n) is 5.04. The predicted molar refractivity (Wildman–Crippen MR) is 75.1 cm³/mol. The molecule has 2 atom stereocenters. The summed E-state index contributed by atoms with van der Waals surface area (Å²) < 4.78 is 0. The van der Waals surface area contributed by atoms with Crippen LogP contribution in [0.5, 0.6) is 0 Å². The third-order valence-corrected chi connectivity index (χ3v) is 3.24. The van der Waals surface area contributed by atoms with Crippen LogP contribution in [0.4, 0.5) is 0 Å². The highest BCUT2D eigenvalue weighted by Gasteiger charge is 2.31. The number of nitrogens with zero attached hydrogens (tertiary/aromatic N) is 1. The van der Waals surface area contributed by atoms with Crippen molar-refractivity contribution in [2.75, 3.05) is 0 Å². The molecule has 1 fully saturated rings. The third kappa shape index (κ3) is 4.29. The van der Waals surface area contributed by atoms with E-state index in [0.717, 1.165) is 12.8 Å². The fourth-order valence-corrected chi connectivity index (χ4v) is 1.88. The Kier molecular flexibility index (Phi) is 4.90. The molecule has 1 aliphatic carbocycles. The van der Waals surface area contributed by atoms with Crippen molar-refractivity contribution in [2.24, 2.45) is 0 Å². The zero-order valence-electron chi connectivity index (χ0n) is 11.5. The molecular formula is C15H17N3O3. The van der Waals surface area contributed by atoms with Crippen molar-refractivity contribution in [3.8, 4) is 6.07 Å². The monoisotopic (exact) mass is 287 g/mol. The molecule has 6 heteroatoms. The predicted octanol–water partition coefficient (Wildman–Crippen LogP) is 0.338. The summed E-state index contributed by atoms with van der Waals surface area (Å²) in [5.74, 6) is -0.972.